The molecule has 1 aromatic rings. The summed E-state index contributed by atoms with van der Waals surface area (Å²) in [7, 11) is 0. The van der Waals surface area contributed by atoms with Gasteiger partial charge >= 0.3 is 6.18 Å². The monoisotopic (exact) mass is 279 g/mol. The van der Waals surface area contributed by atoms with Crippen molar-refractivity contribution < 1.29 is 18.3 Å². The highest BCUT2D eigenvalue weighted by molar-refractivity contribution is 7.99. The van der Waals surface area contributed by atoms with E-state index in [1.54, 1.807) is 12.1 Å². The lowest BCUT2D eigenvalue weighted by molar-refractivity contribution is -0.195. The Morgan fingerprint density at radius 2 is 1.89 bits per heavy atom. The Kier molecular flexibility index (Phi) is 5.98. The zero-order valence-corrected chi connectivity index (χ0v) is 10.8. The number of aliphatic hydroxyl groups is 1. The lowest BCUT2D eigenvalue weighted by atomic mass is 10.2. The van der Waals surface area contributed by atoms with Gasteiger partial charge in [0.1, 0.15) is 0 Å². The third kappa shape index (κ3) is 5.29. The van der Waals surface area contributed by atoms with Crippen molar-refractivity contribution in [2.45, 2.75) is 30.6 Å². The van der Waals surface area contributed by atoms with Crippen molar-refractivity contribution in [3.05, 3.63) is 29.8 Å². The lowest BCUT2D eigenvalue weighted by Crippen LogP contribution is -2.30. The van der Waals surface area contributed by atoms with Gasteiger partial charge in [0.05, 0.1) is 0 Å². The third-order valence-corrected chi connectivity index (χ3v) is 3.38. The van der Waals surface area contributed by atoms with E-state index in [9.17, 15) is 13.2 Å². The fraction of sp³-hybridized carbons (Fsp3) is 0.500. The van der Waals surface area contributed by atoms with E-state index < -0.39 is 12.3 Å². The third-order valence-electron chi connectivity index (χ3n) is 2.29. The summed E-state index contributed by atoms with van der Waals surface area (Å²) in [5.74, 6) is -0.379. The van der Waals surface area contributed by atoms with Gasteiger partial charge in [0, 0.05) is 17.2 Å². The molecule has 102 valence electrons. The molecule has 0 saturated heterocycles. The second-order valence-electron chi connectivity index (χ2n) is 3.79. The Hall–Kier alpha value is -0.720. The molecule has 6 heteroatoms. The second kappa shape index (κ2) is 7.01. The molecule has 0 amide bonds. The van der Waals surface area contributed by atoms with Crippen molar-refractivity contribution in [3.8, 4) is 0 Å². The molecule has 0 fully saturated rings. The van der Waals surface area contributed by atoms with E-state index in [4.69, 9.17) is 5.11 Å². The van der Waals surface area contributed by atoms with Crippen LogP contribution in [0.1, 0.15) is 12.5 Å². The minimum Gasteiger partial charge on any atom is -0.383 e. The molecule has 0 spiro atoms. The zero-order valence-electron chi connectivity index (χ0n) is 10.00. The number of benzene rings is 1. The van der Waals surface area contributed by atoms with Gasteiger partial charge < -0.3 is 10.4 Å². The van der Waals surface area contributed by atoms with E-state index in [-0.39, 0.29) is 5.75 Å². The molecule has 0 aliphatic rings. The molecule has 0 saturated carbocycles. The summed E-state index contributed by atoms with van der Waals surface area (Å²) in [4.78, 5) is 0.721. The maximum Gasteiger partial charge on any atom is 0.415 e. The molecule has 0 bridgehead atoms. The van der Waals surface area contributed by atoms with Crippen LogP contribution in [0, 0.1) is 0 Å². The van der Waals surface area contributed by atoms with Crippen LogP contribution in [0.2, 0.25) is 0 Å². The summed E-state index contributed by atoms with van der Waals surface area (Å²) in [5.41, 5.74) is 1.08. The van der Waals surface area contributed by atoms with E-state index in [0.29, 0.717) is 0 Å². The van der Waals surface area contributed by atoms with Crippen LogP contribution in [-0.2, 0) is 6.54 Å². The van der Waals surface area contributed by atoms with Crippen LogP contribution in [0.4, 0.5) is 13.2 Å². The van der Waals surface area contributed by atoms with Gasteiger partial charge in [0.25, 0.3) is 0 Å². The number of halogens is 3. The van der Waals surface area contributed by atoms with Crippen LogP contribution in [0.15, 0.2) is 29.2 Å². The Balaban J connectivity index is 2.44. The quantitative estimate of drug-likeness (QED) is 0.785. The highest BCUT2D eigenvalue weighted by Gasteiger charge is 2.37. The van der Waals surface area contributed by atoms with Crippen LogP contribution < -0.4 is 5.32 Å². The number of hydrogen-bond donors (Lipinski definition) is 2. The fourth-order valence-electron chi connectivity index (χ4n) is 1.24. The number of hydrogen-bond acceptors (Lipinski definition) is 3. The average molecular weight is 279 g/mol. The molecule has 0 aliphatic carbocycles. The normalized spacial score (nSPS) is 13.6. The van der Waals surface area contributed by atoms with Gasteiger partial charge in [-0.1, -0.05) is 19.1 Å². The topological polar surface area (TPSA) is 32.3 Å². The first-order valence-electron chi connectivity index (χ1n) is 5.60. The first-order valence-corrected chi connectivity index (χ1v) is 6.59. The molecule has 18 heavy (non-hydrogen) atoms. The predicted molar refractivity (Wildman–Crippen MR) is 66.6 cm³/mol. The van der Waals surface area contributed by atoms with Crippen molar-refractivity contribution >= 4 is 11.8 Å². The number of rotatable bonds is 6. The zero-order chi connectivity index (χ0) is 13.6. The van der Waals surface area contributed by atoms with Crippen molar-refractivity contribution in [3.63, 3.8) is 0 Å². The molecule has 0 aliphatic heterocycles. The summed E-state index contributed by atoms with van der Waals surface area (Å²) in [5, 5.41) is 12.0. The van der Waals surface area contributed by atoms with E-state index in [1.165, 1.54) is 0 Å². The van der Waals surface area contributed by atoms with Crippen LogP contribution in [0.5, 0.6) is 0 Å². The summed E-state index contributed by atoms with van der Waals surface area (Å²) in [6.07, 6.45) is -6.82. The van der Waals surface area contributed by atoms with Crippen molar-refractivity contribution in [2.24, 2.45) is 0 Å². The summed E-state index contributed by atoms with van der Waals surface area (Å²) >= 11 is 0.998. The van der Waals surface area contributed by atoms with Crippen LogP contribution in [0.25, 0.3) is 0 Å². The predicted octanol–water partition coefficient (Wildman–Crippen LogP) is 2.81. The maximum absolute atomic E-state index is 12.1. The van der Waals surface area contributed by atoms with Gasteiger partial charge in [-0.15, -0.1) is 11.8 Å². The second-order valence-corrected chi connectivity index (χ2v) is 4.89. The highest BCUT2D eigenvalue weighted by atomic mass is 32.2. The van der Waals surface area contributed by atoms with Crippen LogP contribution >= 0.6 is 11.8 Å². The average Bonchev–Trinajstić information content (AvgIpc) is 2.33. The van der Waals surface area contributed by atoms with Gasteiger partial charge in [-0.25, -0.2) is 0 Å². The summed E-state index contributed by atoms with van der Waals surface area (Å²) in [6, 6.07) is 7.26. The molecular weight excluding hydrogens is 263 g/mol. The van der Waals surface area contributed by atoms with E-state index in [2.05, 4.69) is 5.32 Å². The van der Waals surface area contributed by atoms with Crippen LogP contribution in [-0.4, -0.2) is 29.7 Å². The van der Waals surface area contributed by atoms with Gasteiger partial charge in [-0.2, -0.15) is 13.2 Å². The van der Waals surface area contributed by atoms with Crippen LogP contribution in [0.3, 0.4) is 0 Å². The molecular formula is C12H16F3NOS. The standard InChI is InChI=1S/C12H16F3NOS/c1-2-16-7-9-3-5-10(6-4-9)18-8-11(17)12(13,14)15/h3-6,11,16-17H,2,7-8H2,1H3. The molecule has 1 rings (SSSR count). The van der Waals surface area contributed by atoms with Crippen molar-refractivity contribution in [1.29, 1.82) is 0 Å². The van der Waals surface area contributed by atoms with Crippen molar-refractivity contribution in [2.75, 3.05) is 12.3 Å². The highest BCUT2D eigenvalue weighted by Crippen LogP contribution is 2.26. The van der Waals surface area contributed by atoms with Gasteiger partial charge in [-0.05, 0) is 24.2 Å². The molecule has 1 atom stereocenters. The molecule has 2 nitrogen and oxygen atoms in total. The SMILES string of the molecule is CCNCc1ccc(SCC(O)C(F)(F)F)cc1. The Bertz CT molecular complexity index is 353. The van der Waals surface area contributed by atoms with E-state index in [0.717, 1.165) is 35.3 Å². The molecule has 1 unspecified atom stereocenters. The lowest BCUT2D eigenvalue weighted by Gasteiger charge is -2.13. The van der Waals surface area contributed by atoms with Gasteiger partial charge in [-0.3, -0.25) is 0 Å². The van der Waals surface area contributed by atoms with Crippen molar-refractivity contribution in [1.82, 2.24) is 5.32 Å². The van der Waals surface area contributed by atoms with Gasteiger partial charge in [0.2, 0.25) is 0 Å². The largest absolute Gasteiger partial charge is 0.415 e. The summed E-state index contributed by atoms with van der Waals surface area (Å²) in [6.45, 7) is 3.61. The molecule has 0 radical (unpaired) electrons. The minimum atomic E-state index is -4.54. The Morgan fingerprint density at radius 3 is 2.39 bits per heavy atom. The van der Waals surface area contributed by atoms with E-state index >= 15 is 0 Å². The van der Waals surface area contributed by atoms with Gasteiger partial charge in [0.15, 0.2) is 6.10 Å². The molecule has 1 aromatic carbocycles. The Labute approximate surface area is 109 Å². The maximum atomic E-state index is 12.1. The number of aliphatic hydroxyl groups excluding tert-OH is 1. The molecule has 2 N–H and O–H groups in total. The fourth-order valence-corrected chi connectivity index (χ4v) is 2.11. The smallest absolute Gasteiger partial charge is 0.383 e. The molecule has 0 aromatic heterocycles. The summed E-state index contributed by atoms with van der Waals surface area (Å²) < 4.78 is 36.3. The first-order chi connectivity index (χ1) is 8.43. The number of nitrogens with one attached hydrogen (secondary N) is 1. The number of thioether (sulfide) groups is 1. The molecule has 0 heterocycles. The van der Waals surface area contributed by atoms with E-state index in [1.807, 2.05) is 19.1 Å². The minimum absolute atomic E-state index is 0.379. The number of alkyl halides is 3. The first kappa shape index (κ1) is 15.3. The Morgan fingerprint density at radius 1 is 1.28 bits per heavy atom.